The first kappa shape index (κ1) is 22.2. The van der Waals surface area contributed by atoms with Crippen LogP contribution >= 0.6 is 21.6 Å². The molecular weight excluding hydrogens is 358 g/mol. The summed E-state index contributed by atoms with van der Waals surface area (Å²) in [6, 6.07) is 5.25. The second-order valence-corrected chi connectivity index (χ2v) is 9.47. The van der Waals surface area contributed by atoms with Crippen LogP contribution in [0.2, 0.25) is 0 Å². The summed E-state index contributed by atoms with van der Waals surface area (Å²) in [5.74, 6) is 0.692. The van der Waals surface area contributed by atoms with Crippen molar-refractivity contribution in [2.45, 2.75) is 51.1 Å². The van der Waals surface area contributed by atoms with Crippen molar-refractivity contribution in [3.05, 3.63) is 29.3 Å². The van der Waals surface area contributed by atoms with Crippen LogP contribution in [-0.2, 0) is 18.0 Å². The molecule has 1 amide bonds. The van der Waals surface area contributed by atoms with Crippen LogP contribution < -0.4 is 10.1 Å². The highest BCUT2D eigenvalue weighted by Gasteiger charge is 2.19. The zero-order chi connectivity index (χ0) is 18.7. The fourth-order valence-electron chi connectivity index (χ4n) is 2.25. The van der Waals surface area contributed by atoms with Crippen molar-refractivity contribution >= 4 is 27.5 Å². The second kappa shape index (κ2) is 11.7. The van der Waals surface area contributed by atoms with Gasteiger partial charge in [-0.3, -0.25) is 4.79 Å². The molecule has 0 bridgehead atoms. The Bertz CT molecular complexity index is 516. The predicted molar refractivity (Wildman–Crippen MR) is 106 cm³/mol. The summed E-state index contributed by atoms with van der Waals surface area (Å²) in [4.78, 5) is 11.9. The third-order valence-electron chi connectivity index (χ3n) is 3.57. The molecule has 0 fully saturated rings. The molecule has 0 saturated carbocycles. The molecule has 142 valence electrons. The van der Waals surface area contributed by atoms with Crippen molar-refractivity contribution < 1.29 is 19.7 Å². The Morgan fingerprint density at radius 2 is 1.84 bits per heavy atom. The molecule has 0 aliphatic rings. The van der Waals surface area contributed by atoms with Crippen LogP contribution in [0.1, 0.15) is 44.2 Å². The molecular formula is C18H29NO4S2. The van der Waals surface area contributed by atoms with Gasteiger partial charge in [0.1, 0.15) is 5.75 Å². The first-order valence-corrected chi connectivity index (χ1v) is 10.9. The Kier molecular flexibility index (Phi) is 10.3. The van der Waals surface area contributed by atoms with Crippen molar-refractivity contribution in [2.75, 3.05) is 19.4 Å². The van der Waals surface area contributed by atoms with Crippen LogP contribution in [0.15, 0.2) is 18.2 Å². The molecule has 0 aromatic heterocycles. The molecule has 3 N–H and O–H groups in total. The lowest BCUT2D eigenvalue weighted by atomic mass is 10.1. The van der Waals surface area contributed by atoms with E-state index in [9.17, 15) is 15.0 Å². The minimum absolute atomic E-state index is 0.0691. The van der Waals surface area contributed by atoms with E-state index in [0.717, 1.165) is 6.42 Å². The van der Waals surface area contributed by atoms with Crippen LogP contribution in [-0.4, -0.2) is 40.3 Å². The van der Waals surface area contributed by atoms with E-state index < -0.39 is 0 Å². The third kappa shape index (κ3) is 9.39. The monoisotopic (exact) mass is 387 g/mol. The SMILES string of the molecule is CSSC(C)(C)CCC(=O)NCCCOc1cc(CO)cc(CO)c1. The number of hydrogen-bond donors (Lipinski definition) is 3. The third-order valence-corrected chi connectivity index (χ3v) is 6.24. The fraction of sp³-hybridized carbons (Fsp3) is 0.611. The van der Waals surface area contributed by atoms with Gasteiger partial charge in [-0.2, -0.15) is 0 Å². The van der Waals surface area contributed by atoms with Crippen molar-refractivity contribution in [2.24, 2.45) is 0 Å². The highest BCUT2D eigenvalue weighted by Crippen LogP contribution is 2.36. The largest absolute Gasteiger partial charge is 0.494 e. The van der Waals surface area contributed by atoms with Crippen LogP contribution in [0.3, 0.4) is 0 Å². The summed E-state index contributed by atoms with van der Waals surface area (Å²) in [7, 11) is 3.52. The van der Waals surface area contributed by atoms with Crippen molar-refractivity contribution in [1.82, 2.24) is 5.32 Å². The summed E-state index contributed by atoms with van der Waals surface area (Å²) in [5.41, 5.74) is 1.42. The van der Waals surface area contributed by atoms with E-state index in [1.165, 1.54) is 0 Å². The zero-order valence-electron chi connectivity index (χ0n) is 15.2. The van der Waals surface area contributed by atoms with Gasteiger partial charge < -0.3 is 20.3 Å². The molecule has 0 unspecified atom stereocenters. The number of hydrogen-bond acceptors (Lipinski definition) is 6. The van der Waals surface area contributed by atoms with Gasteiger partial charge in [0, 0.05) is 17.7 Å². The Balaban J connectivity index is 2.24. The quantitative estimate of drug-likeness (QED) is 0.378. The molecule has 25 heavy (non-hydrogen) atoms. The number of aliphatic hydroxyl groups is 2. The van der Waals surface area contributed by atoms with E-state index in [4.69, 9.17) is 4.74 Å². The maximum atomic E-state index is 11.9. The van der Waals surface area contributed by atoms with Gasteiger partial charge in [-0.25, -0.2) is 0 Å². The molecule has 0 saturated heterocycles. The van der Waals surface area contributed by atoms with Gasteiger partial charge in [0.15, 0.2) is 0 Å². The van der Waals surface area contributed by atoms with Gasteiger partial charge in [-0.1, -0.05) is 27.7 Å². The Morgan fingerprint density at radius 3 is 2.40 bits per heavy atom. The van der Waals surface area contributed by atoms with Gasteiger partial charge in [0.2, 0.25) is 5.91 Å². The molecule has 0 atom stereocenters. The minimum atomic E-state index is -0.0918. The molecule has 0 aliphatic heterocycles. The van der Waals surface area contributed by atoms with Crippen LogP contribution in [0.4, 0.5) is 0 Å². The van der Waals surface area contributed by atoms with Crippen molar-refractivity contribution in [3.8, 4) is 5.75 Å². The van der Waals surface area contributed by atoms with Gasteiger partial charge in [0.05, 0.1) is 19.8 Å². The molecule has 7 heteroatoms. The molecule has 1 aromatic carbocycles. The highest BCUT2D eigenvalue weighted by atomic mass is 33.1. The van der Waals surface area contributed by atoms with Crippen LogP contribution in [0.5, 0.6) is 5.75 Å². The van der Waals surface area contributed by atoms with Gasteiger partial charge in [0.25, 0.3) is 0 Å². The number of benzene rings is 1. The number of aliphatic hydroxyl groups excluding tert-OH is 2. The van der Waals surface area contributed by atoms with Crippen LogP contribution in [0, 0.1) is 0 Å². The Hall–Kier alpha value is -0.890. The van der Waals surface area contributed by atoms with E-state index in [-0.39, 0.29) is 23.9 Å². The topological polar surface area (TPSA) is 78.8 Å². The highest BCUT2D eigenvalue weighted by molar-refractivity contribution is 8.76. The van der Waals surface area contributed by atoms with Crippen molar-refractivity contribution in [1.29, 1.82) is 0 Å². The normalized spacial score (nSPS) is 11.4. The lowest BCUT2D eigenvalue weighted by Gasteiger charge is -2.21. The number of carbonyl (C=O) groups is 1. The Morgan fingerprint density at radius 1 is 1.20 bits per heavy atom. The number of nitrogens with one attached hydrogen (secondary N) is 1. The zero-order valence-corrected chi connectivity index (χ0v) is 16.8. The molecule has 1 rings (SSSR count). The summed E-state index contributed by atoms with van der Waals surface area (Å²) in [6.07, 6.45) is 4.12. The van der Waals surface area contributed by atoms with Crippen molar-refractivity contribution in [3.63, 3.8) is 0 Å². The molecule has 0 aliphatic carbocycles. The molecule has 0 spiro atoms. The lowest BCUT2D eigenvalue weighted by Crippen LogP contribution is -2.27. The van der Waals surface area contributed by atoms with Crippen LogP contribution in [0.25, 0.3) is 0 Å². The molecule has 0 heterocycles. The summed E-state index contributed by atoms with van der Waals surface area (Å²) >= 11 is 0. The molecule has 1 aromatic rings. The van der Waals surface area contributed by atoms with E-state index in [1.54, 1.807) is 39.8 Å². The minimum Gasteiger partial charge on any atom is -0.494 e. The standard InChI is InChI=1S/C18H29NO4S2/c1-18(2,25-24-3)6-5-17(22)19-7-4-8-23-16-10-14(12-20)9-15(11-16)13-21/h9-11,20-21H,4-8,12-13H2,1-3H3,(H,19,22). The predicted octanol–water partition coefficient (Wildman–Crippen LogP) is 3.13. The van der Waals surface area contributed by atoms with Gasteiger partial charge >= 0.3 is 0 Å². The van der Waals surface area contributed by atoms with E-state index in [0.29, 0.717) is 42.9 Å². The fourth-order valence-corrected chi connectivity index (χ4v) is 4.49. The number of carbonyl (C=O) groups excluding carboxylic acids is 1. The summed E-state index contributed by atoms with van der Waals surface area (Å²) in [5, 5.41) is 21.3. The van der Waals surface area contributed by atoms with Gasteiger partial charge in [-0.05, 0) is 56.2 Å². The second-order valence-electron chi connectivity index (χ2n) is 6.36. The maximum absolute atomic E-state index is 11.9. The summed E-state index contributed by atoms with van der Waals surface area (Å²) < 4.78 is 5.74. The lowest BCUT2D eigenvalue weighted by molar-refractivity contribution is -0.121. The number of rotatable bonds is 12. The average Bonchev–Trinajstić information content (AvgIpc) is 2.59. The number of amides is 1. The molecule has 0 radical (unpaired) electrons. The number of ether oxygens (including phenoxy) is 1. The first-order valence-electron chi connectivity index (χ1n) is 8.36. The maximum Gasteiger partial charge on any atom is 0.220 e. The molecule has 5 nitrogen and oxygen atoms in total. The van der Waals surface area contributed by atoms with E-state index in [2.05, 4.69) is 19.2 Å². The average molecular weight is 388 g/mol. The van der Waals surface area contributed by atoms with E-state index >= 15 is 0 Å². The van der Waals surface area contributed by atoms with E-state index in [1.807, 2.05) is 6.26 Å². The summed E-state index contributed by atoms with van der Waals surface area (Å²) in [6.45, 7) is 5.15. The Labute approximate surface area is 158 Å². The smallest absolute Gasteiger partial charge is 0.220 e. The van der Waals surface area contributed by atoms with Gasteiger partial charge in [-0.15, -0.1) is 0 Å². The first-order chi connectivity index (χ1) is 11.9.